The number of nitrogens with zero attached hydrogens (tertiary/aromatic N) is 5. The van der Waals surface area contributed by atoms with Gasteiger partial charge in [-0.3, -0.25) is 0 Å². The number of hydrogen-bond donors (Lipinski definition) is 2. The maximum Gasteiger partial charge on any atom is 0.321 e. The smallest absolute Gasteiger partial charge is 0.321 e. The van der Waals surface area contributed by atoms with E-state index in [9.17, 15) is 4.79 Å². The van der Waals surface area contributed by atoms with Gasteiger partial charge in [0.2, 0.25) is 0 Å². The monoisotopic (exact) mass is 427 g/mol. The van der Waals surface area contributed by atoms with Crippen molar-refractivity contribution in [1.82, 2.24) is 14.9 Å². The molecule has 1 aliphatic rings. The first-order valence-corrected chi connectivity index (χ1v) is 10.3. The van der Waals surface area contributed by atoms with Crippen molar-refractivity contribution in [2.24, 2.45) is 5.16 Å². The predicted octanol–water partition coefficient (Wildman–Crippen LogP) is 2.57. The number of urea groups is 1. The third-order valence-electron chi connectivity index (χ3n) is 4.62. The predicted molar refractivity (Wildman–Crippen MR) is 121 cm³/mol. The van der Waals surface area contributed by atoms with Crippen LogP contribution in [0.25, 0.3) is 0 Å². The summed E-state index contributed by atoms with van der Waals surface area (Å²) in [6.07, 6.45) is 3.06. The topological polar surface area (TPSA) is 118 Å². The van der Waals surface area contributed by atoms with Gasteiger partial charge in [0.05, 0.1) is 17.9 Å². The average molecular weight is 428 g/mol. The number of ether oxygens (including phenoxy) is 1. The van der Waals surface area contributed by atoms with Gasteiger partial charge in [0.15, 0.2) is 0 Å². The molecular weight excluding hydrogens is 398 g/mol. The van der Waals surface area contributed by atoms with Crippen molar-refractivity contribution in [2.75, 3.05) is 48.7 Å². The molecule has 166 valence electrons. The lowest BCUT2D eigenvalue weighted by atomic mass is 10.2. The Hall–Kier alpha value is -3.56. The van der Waals surface area contributed by atoms with Crippen LogP contribution in [0.5, 0.6) is 5.75 Å². The largest absolute Gasteiger partial charge is 0.491 e. The highest BCUT2D eigenvalue weighted by molar-refractivity contribution is 5.92. The molecule has 10 heteroatoms. The highest BCUT2D eigenvalue weighted by Crippen LogP contribution is 2.22. The van der Waals surface area contributed by atoms with Gasteiger partial charge in [0.25, 0.3) is 0 Å². The summed E-state index contributed by atoms with van der Waals surface area (Å²) in [5.41, 5.74) is 7.33. The molecule has 1 aromatic heterocycles. The van der Waals surface area contributed by atoms with Crippen LogP contribution in [-0.2, 0) is 4.84 Å². The normalized spacial score (nSPS) is 14.2. The lowest BCUT2D eigenvalue weighted by molar-refractivity contribution is 0.160. The molecule has 3 rings (SSSR count). The van der Waals surface area contributed by atoms with Crippen LogP contribution < -0.4 is 20.7 Å². The molecule has 0 radical (unpaired) electrons. The second-order valence-corrected chi connectivity index (χ2v) is 7.24. The quantitative estimate of drug-likeness (QED) is 0.515. The number of piperazine rings is 1. The Morgan fingerprint density at radius 3 is 2.58 bits per heavy atom. The summed E-state index contributed by atoms with van der Waals surface area (Å²) in [6.45, 7) is 8.57. The number of carbonyl (C=O) groups excluding carboxylic acids is 1. The standard InChI is InChI=1S/C21H29N7O3/c1-4-30-25-13-18-19(22)23-14-24-20(18)27-9-11-28(12-10-27)21(29)26-16-5-7-17(8-6-16)31-15(2)3/h5-8,13-15H,4,9-12H2,1-3H3,(H,26,29)(H2,22,23,24)/b25-13-. The molecular formula is C21H29N7O3. The van der Waals surface area contributed by atoms with Crippen molar-refractivity contribution in [3.8, 4) is 5.75 Å². The fourth-order valence-electron chi connectivity index (χ4n) is 3.15. The Balaban J connectivity index is 1.58. The number of aromatic nitrogens is 2. The minimum atomic E-state index is -0.141. The van der Waals surface area contributed by atoms with Crippen LogP contribution in [0.4, 0.5) is 22.1 Å². The SMILES string of the molecule is CCO/N=C\c1c(N)ncnc1N1CCN(C(=O)Nc2ccc(OC(C)C)cc2)CC1. The summed E-state index contributed by atoms with van der Waals surface area (Å²) >= 11 is 0. The van der Waals surface area contributed by atoms with E-state index in [-0.39, 0.29) is 12.1 Å². The second kappa shape index (κ2) is 10.5. The summed E-state index contributed by atoms with van der Waals surface area (Å²) in [7, 11) is 0. The van der Waals surface area contributed by atoms with Gasteiger partial charge in [-0.1, -0.05) is 5.16 Å². The minimum absolute atomic E-state index is 0.105. The molecule has 1 fully saturated rings. The van der Waals surface area contributed by atoms with Crippen molar-refractivity contribution in [3.63, 3.8) is 0 Å². The first kappa shape index (κ1) is 22.1. The van der Waals surface area contributed by atoms with Crippen LogP contribution in [0.2, 0.25) is 0 Å². The first-order valence-electron chi connectivity index (χ1n) is 10.3. The Bertz CT molecular complexity index is 894. The lowest BCUT2D eigenvalue weighted by Gasteiger charge is -2.35. The number of oxime groups is 1. The van der Waals surface area contributed by atoms with Crippen molar-refractivity contribution < 1.29 is 14.4 Å². The third-order valence-corrected chi connectivity index (χ3v) is 4.62. The van der Waals surface area contributed by atoms with Crippen LogP contribution in [0.1, 0.15) is 26.3 Å². The molecule has 0 saturated carbocycles. The summed E-state index contributed by atoms with van der Waals surface area (Å²) in [6, 6.07) is 7.22. The van der Waals surface area contributed by atoms with Crippen molar-refractivity contribution in [2.45, 2.75) is 26.9 Å². The van der Waals surface area contributed by atoms with E-state index in [1.54, 1.807) is 4.90 Å². The van der Waals surface area contributed by atoms with E-state index in [2.05, 4.69) is 25.3 Å². The molecule has 3 N–H and O–H groups in total. The van der Waals surface area contributed by atoms with Crippen LogP contribution in [0, 0.1) is 0 Å². The van der Waals surface area contributed by atoms with Gasteiger partial charge in [-0.2, -0.15) is 0 Å². The van der Waals surface area contributed by atoms with Crippen LogP contribution >= 0.6 is 0 Å². The van der Waals surface area contributed by atoms with Gasteiger partial charge < -0.3 is 30.4 Å². The Kier molecular flexibility index (Phi) is 7.47. The minimum Gasteiger partial charge on any atom is -0.491 e. The maximum absolute atomic E-state index is 12.7. The van der Waals surface area contributed by atoms with Crippen molar-refractivity contribution in [1.29, 1.82) is 0 Å². The highest BCUT2D eigenvalue weighted by Gasteiger charge is 2.24. The Labute approximate surface area is 182 Å². The van der Waals surface area contributed by atoms with Crippen LogP contribution in [0.3, 0.4) is 0 Å². The van der Waals surface area contributed by atoms with Gasteiger partial charge in [-0.15, -0.1) is 0 Å². The molecule has 10 nitrogen and oxygen atoms in total. The van der Waals surface area contributed by atoms with Gasteiger partial charge in [-0.05, 0) is 45.0 Å². The van der Waals surface area contributed by atoms with Crippen LogP contribution in [0.15, 0.2) is 35.7 Å². The van der Waals surface area contributed by atoms with Crippen molar-refractivity contribution >= 4 is 29.6 Å². The molecule has 0 bridgehead atoms. The number of nitrogens with two attached hydrogens (primary N) is 1. The zero-order valence-corrected chi connectivity index (χ0v) is 18.1. The number of rotatable bonds is 7. The number of hydrogen-bond acceptors (Lipinski definition) is 8. The number of benzene rings is 1. The summed E-state index contributed by atoms with van der Waals surface area (Å²) in [4.78, 5) is 29.9. The molecule has 2 aromatic rings. The third kappa shape index (κ3) is 5.97. The number of anilines is 3. The molecule has 1 aliphatic heterocycles. The molecule has 0 aliphatic carbocycles. The summed E-state index contributed by atoms with van der Waals surface area (Å²) in [5, 5.41) is 6.82. The molecule has 0 atom stereocenters. The number of nitrogens with one attached hydrogen (secondary N) is 1. The van der Waals surface area contributed by atoms with E-state index < -0.39 is 0 Å². The van der Waals surface area contributed by atoms with Crippen LogP contribution in [-0.4, -0.2) is 66.0 Å². The molecule has 31 heavy (non-hydrogen) atoms. The Morgan fingerprint density at radius 1 is 1.23 bits per heavy atom. The van der Waals surface area contributed by atoms with E-state index in [0.29, 0.717) is 50.0 Å². The Morgan fingerprint density at radius 2 is 1.94 bits per heavy atom. The lowest BCUT2D eigenvalue weighted by Crippen LogP contribution is -2.50. The first-order chi connectivity index (χ1) is 15.0. The molecule has 0 spiro atoms. The molecule has 1 saturated heterocycles. The maximum atomic E-state index is 12.7. The molecule has 0 unspecified atom stereocenters. The number of amides is 2. The zero-order chi connectivity index (χ0) is 22.2. The fourth-order valence-corrected chi connectivity index (χ4v) is 3.15. The average Bonchev–Trinajstić information content (AvgIpc) is 2.76. The summed E-state index contributed by atoms with van der Waals surface area (Å²) in [5.74, 6) is 1.78. The van der Waals surface area contributed by atoms with Gasteiger partial charge in [-0.25, -0.2) is 14.8 Å². The second-order valence-electron chi connectivity index (χ2n) is 7.24. The number of carbonyl (C=O) groups is 1. The summed E-state index contributed by atoms with van der Waals surface area (Å²) < 4.78 is 5.63. The van der Waals surface area contributed by atoms with Crippen molar-refractivity contribution in [3.05, 3.63) is 36.2 Å². The van der Waals surface area contributed by atoms with E-state index >= 15 is 0 Å². The molecule has 2 heterocycles. The van der Waals surface area contributed by atoms with E-state index in [0.717, 1.165) is 11.4 Å². The van der Waals surface area contributed by atoms with Gasteiger partial charge in [0.1, 0.15) is 30.3 Å². The molecule has 2 amide bonds. The zero-order valence-electron chi connectivity index (χ0n) is 18.1. The van der Waals surface area contributed by atoms with E-state index in [1.807, 2.05) is 45.0 Å². The van der Waals surface area contributed by atoms with E-state index in [1.165, 1.54) is 12.5 Å². The molecule has 1 aromatic carbocycles. The highest BCUT2D eigenvalue weighted by atomic mass is 16.6. The number of nitrogen functional groups attached to an aromatic ring is 1. The fraction of sp³-hybridized carbons (Fsp3) is 0.429. The van der Waals surface area contributed by atoms with Gasteiger partial charge >= 0.3 is 6.03 Å². The van der Waals surface area contributed by atoms with E-state index in [4.69, 9.17) is 15.3 Å². The van der Waals surface area contributed by atoms with Gasteiger partial charge in [0, 0.05) is 31.9 Å².